The summed E-state index contributed by atoms with van der Waals surface area (Å²) in [4.78, 5) is 3.93. The zero-order valence-corrected chi connectivity index (χ0v) is 10.7. The van der Waals surface area contributed by atoms with Gasteiger partial charge >= 0.3 is 6.55 Å². The molecular formula is C12H21F2N3. The highest BCUT2D eigenvalue weighted by atomic mass is 19.3. The van der Waals surface area contributed by atoms with Gasteiger partial charge in [0.05, 0.1) is 6.54 Å². The predicted molar refractivity (Wildman–Crippen MR) is 63.9 cm³/mol. The van der Waals surface area contributed by atoms with Crippen molar-refractivity contribution in [3.63, 3.8) is 0 Å². The molecule has 0 saturated heterocycles. The monoisotopic (exact) mass is 245 g/mol. The van der Waals surface area contributed by atoms with Crippen molar-refractivity contribution in [1.82, 2.24) is 14.9 Å². The SMILES string of the molecule is CCC(C)CC(C)NCc1nccn1C(F)F. The molecule has 3 nitrogen and oxygen atoms in total. The quantitative estimate of drug-likeness (QED) is 0.799. The van der Waals surface area contributed by atoms with Crippen LogP contribution in [0.3, 0.4) is 0 Å². The van der Waals surface area contributed by atoms with Crippen molar-refractivity contribution in [3.8, 4) is 0 Å². The fourth-order valence-corrected chi connectivity index (χ4v) is 1.78. The van der Waals surface area contributed by atoms with Gasteiger partial charge in [-0.25, -0.2) is 4.98 Å². The van der Waals surface area contributed by atoms with E-state index in [1.54, 1.807) is 0 Å². The van der Waals surface area contributed by atoms with Crippen LogP contribution in [0.25, 0.3) is 0 Å². The minimum Gasteiger partial charge on any atom is -0.307 e. The average molecular weight is 245 g/mol. The van der Waals surface area contributed by atoms with Crippen LogP contribution in [0.5, 0.6) is 0 Å². The maximum atomic E-state index is 12.5. The van der Waals surface area contributed by atoms with E-state index in [4.69, 9.17) is 0 Å². The third-order valence-corrected chi connectivity index (χ3v) is 3.02. The Morgan fingerprint density at radius 1 is 1.41 bits per heavy atom. The molecule has 2 atom stereocenters. The highest BCUT2D eigenvalue weighted by molar-refractivity contribution is 4.92. The van der Waals surface area contributed by atoms with E-state index in [2.05, 4.69) is 31.1 Å². The number of alkyl halides is 2. The summed E-state index contributed by atoms with van der Waals surface area (Å²) < 4.78 is 26.0. The standard InChI is InChI=1S/C12H21F2N3/c1-4-9(2)7-10(3)16-8-11-15-5-6-17(11)12(13)14/h5-6,9-10,12,16H,4,7-8H2,1-3H3. The molecule has 17 heavy (non-hydrogen) atoms. The summed E-state index contributed by atoms with van der Waals surface area (Å²) >= 11 is 0. The van der Waals surface area contributed by atoms with Gasteiger partial charge in [0, 0.05) is 18.4 Å². The van der Waals surface area contributed by atoms with Gasteiger partial charge in [0.15, 0.2) is 0 Å². The largest absolute Gasteiger partial charge is 0.319 e. The smallest absolute Gasteiger partial charge is 0.307 e. The van der Waals surface area contributed by atoms with Crippen LogP contribution in [-0.4, -0.2) is 15.6 Å². The third kappa shape index (κ3) is 4.42. The number of hydrogen-bond acceptors (Lipinski definition) is 2. The van der Waals surface area contributed by atoms with Crippen LogP contribution in [0.15, 0.2) is 12.4 Å². The number of halogens is 2. The lowest BCUT2D eigenvalue weighted by molar-refractivity contribution is 0.0664. The van der Waals surface area contributed by atoms with Gasteiger partial charge in [-0.3, -0.25) is 4.57 Å². The van der Waals surface area contributed by atoms with Crippen molar-refractivity contribution >= 4 is 0 Å². The Hall–Kier alpha value is -0.970. The zero-order chi connectivity index (χ0) is 12.8. The molecule has 0 aliphatic carbocycles. The Kier molecular flexibility index (Phi) is 5.55. The van der Waals surface area contributed by atoms with E-state index in [1.165, 1.54) is 12.4 Å². The molecule has 0 aliphatic heterocycles. The number of hydrogen-bond donors (Lipinski definition) is 1. The summed E-state index contributed by atoms with van der Waals surface area (Å²) in [6.45, 7) is 4.29. The normalized spacial score (nSPS) is 15.2. The molecule has 1 aromatic rings. The molecule has 0 radical (unpaired) electrons. The Balaban J connectivity index is 2.42. The maximum absolute atomic E-state index is 12.5. The van der Waals surface area contributed by atoms with Crippen LogP contribution in [0.1, 0.15) is 46.0 Å². The highest BCUT2D eigenvalue weighted by Gasteiger charge is 2.12. The van der Waals surface area contributed by atoms with Crippen molar-refractivity contribution in [3.05, 3.63) is 18.2 Å². The summed E-state index contributed by atoms with van der Waals surface area (Å²) in [6, 6.07) is 0.313. The van der Waals surface area contributed by atoms with Gasteiger partial charge in [0.25, 0.3) is 0 Å². The second kappa shape index (κ2) is 6.69. The van der Waals surface area contributed by atoms with Crippen molar-refractivity contribution in [2.75, 3.05) is 0 Å². The summed E-state index contributed by atoms with van der Waals surface area (Å²) in [5, 5.41) is 3.23. The molecule has 0 fully saturated rings. The summed E-state index contributed by atoms with van der Waals surface area (Å²) in [6.07, 6.45) is 4.90. The van der Waals surface area contributed by atoms with Gasteiger partial charge in [-0.1, -0.05) is 20.3 Å². The number of aromatic nitrogens is 2. The van der Waals surface area contributed by atoms with Crippen molar-refractivity contribution in [1.29, 1.82) is 0 Å². The van der Waals surface area contributed by atoms with Crippen molar-refractivity contribution in [2.45, 2.75) is 52.7 Å². The van der Waals surface area contributed by atoms with E-state index in [-0.39, 0.29) is 0 Å². The molecule has 0 aromatic carbocycles. The Morgan fingerprint density at radius 2 is 2.12 bits per heavy atom. The van der Waals surface area contributed by atoms with Crippen LogP contribution in [-0.2, 0) is 6.54 Å². The van der Waals surface area contributed by atoms with Gasteiger partial charge in [-0.15, -0.1) is 0 Å². The fourth-order valence-electron chi connectivity index (χ4n) is 1.78. The first-order valence-electron chi connectivity index (χ1n) is 6.07. The lowest BCUT2D eigenvalue weighted by Gasteiger charge is -2.17. The van der Waals surface area contributed by atoms with Gasteiger partial charge in [0.2, 0.25) is 0 Å². The van der Waals surface area contributed by atoms with E-state index in [0.717, 1.165) is 17.4 Å². The molecule has 0 aliphatic rings. The summed E-state index contributed by atoms with van der Waals surface area (Å²) in [5.41, 5.74) is 0. The molecule has 1 heterocycles. The van der Waals surface area contributed by atoms with E-state index in [1.807, 2.05) is 0 Å². The molecule has 5 heteroatoms. The van der Waals surface area contributed by atoms with Gasteiger partial charge in [-0.2, -0.15) is 8.78 Å². The topological polar surface area (TPSA) is 29.9 Å². The lowest BCUT2D eigenvalue weighted by Crippen LogP contribution is -2.28. The van der Waals surface area contributed by atoms with E-state index in [0.29, 0.717) is 24.3 Å². The van der Waals surface area contributed by atoms with E-state index >= 15 is 0 Å². The van der Waals surface area contributed by atoms with E-state index < -0.39 is 6.55 Å². The number of nitrogens with one attached hydrogen (secondary N) is 1. The average Bonchev–Trinajstić information content (AvgIpc) is 2.74. The molecule has 1 rings (SSSR count). The molecule has 0 amide bonds. The Labute approximate surface area is 101 Å². The van der Waals surface area contributed by atoms with Crippen LogP contribution >= 0.6 is 0 Å². The minimum absolute atomic E-state index is 0.313. The Morgan fingerprint density at radius 3 is 2.71 bits per heavy atom. The molecule has 0 bridgehead atoms. The third-order valence-electron chi connectivity index (χ3n) is 3.02. The minimum atomic E-state index is -2.51. The molecular weight excluding hydrogens is 224 g/mol. The van der Waals surface area contributed by atoms with Crippen LogP contribution in [0, 0.1) is 5.92 Å². The molecule has 0 spiro atoms. The zero-order valence-electron chi connectivity index (χ0n) is 10.7. The lowest BCUT2D eigenvalue weighted by atomic mass is 10.0. The van der Waals surface area contributed by atoms with Crippen LogP contribution < -0.4 is 5.32 Å². The summed E-state index contributed by atoms with van der Waals surface area (Å²) in [5.74, 6) is 1.03. The number of nitrogens with zero attached hydrogens (tertiary/aromatic N) is 2. The molecule has 1 aromatic heterocycles. The first-order chi connectivity index (χ1) is 8.04. The second-order valence-corrected chi connectivity index (χ2v) is 4.56. The van der Waals surface area contributed by atoms with Gasteiger partial charge < -0.3 is 5.32 Å². The summed E-state index contributed by atoms with van der Waals surface area (Å²) in [7, 11) is 0. The first-order valence-corrected chi connectivity index (χ1v) is 6.07. The van der Waals surface area contributed by atoms with Crippen LogP contribution in [0.2, 0.25) is 0 Å². The van der Waals surface area contributed by atoms with Crippen molar-refractivity contribution in [2.24, 2.45) is 5.92 Å². The predicted octanol–water partition coefficient (Wildman–Crippen LogP) is 3.19. The fraction of sp³-hybridized carbons (Fsp3) is 0.750. The van der Waals surface area contributed by atoms with Crippen molar-refractivity contribution < 1.29 is 8.78 Å². The number of rotatable bonds is 7. The molecule has 98 valence electrons. The Bertz CT molecular complexity index is 325. The number of imidazole rings is 1. The van der Waals surface area contributed by atoms with E-state index in [9.17, 15) is 8.78 Å². The van der Waals surface area contributed by atoms with Gasteiger partial charge in [-0.05, 0) is 19.3 Å². The maximum Gasteiger partial charge on any atom is 0.319 e. The molecule has 0 saturated carbocycles. The highest BCUT2D eigenvalue weighted by Crippen LogP contribution is 2.13. The first kappa shape index (κ1) is 14.1. The second-order valence-electron chi connectivity index (χ2n) is 4.56. The molecule has 2 unspecified atom stereocenters. The van der Waals surface area contributed by atoms with Gasteiger partial charge in [0.1, 0.15) is 5.82 Å². The molecule has 1 N–H and O–H groups in total. The van der Waals surface area contributed by atoms with Crippen LogP contribution in [0.4, 0.5) is 8.78 Å².